The highest BCUT2D eigenvalue weighted by atomic mass is 79.9. The fourth-order valence-corrected chi connectivity index (χ4v) is 2.92. The van der Waals surface area contributed by atoms with Gasteiger partial charge < -0.3 is 5.73 Å². The van der Waals surface area contributed by atoms with Gasteiger partial charge in [-0.2, -0.15) is 0 Å². The predicted octanol–water partition coefficient (Wildman–Crippen LogP) is 3.95. The van der Waals surface area contributed by atoms with Gasteiger partial charge in [0, 0.05) is 15.4 Å². The Balaban J connectivity index is 2.49. The Bertz CT molecular complexity index is 257. The fraction of sp³-hybridized carbons (Fsp3) is 0.600. The molecule has 13 heavy (non-hydrogen) atoms. The summed E-state index contributed by atoms with van der Waals surface area (Å²) in [5, 5.41) is 2.08. The minimum absolute atomic E-state index is 0.205. The standard InChI is InChI=1S/C10H16BrNS/c1-7(2)3-4-9(12)10-8(11)5-6-13-10/h5-7,9H,3-4,12H2,1-2H3/t9-/m0/s1. The minimum Gasteiger partial charge on any atom is -0.323 e. The van der Waals surface area contributed by atoms with Gasteiger partial charge >= 0.3 is 0 Å². The molecule has 1 aromatic rings. The third kappa shape index (κ3) is 3.41. The summed E-state index contributed by atoms with van der Waals surface area (Å²) < 4.78 is 1.16. The van der Waals surface area contributed by atoms with E-state index in [9.17, 15) is 0 Å². The fourth-order valence-electron chi connectivity index (χ4n) is 1.21. The van der Waals surface area contributed by atoms with Crippen LogP contribution in [0.3, 0.4) is 0 Å². The van der Waals surface area contributed by atoms with E-state index in [4.69, 9.17) is 5.73 Å². The zero-order chi connectivity index (χ0) is 9.84. The molecular formula is C10H16BrNS. The Kier molecular flexibility index (Phi) is 4.42. The first kappa shape index (κ1) is 11.2. The van der Waals surface area contributed by atoms with E-state index in [1.807, 2.05) is 0 Å². The van der Waals surface area contributed by atoms with Crippen molar-refractivity contribution in [3.05, 3.63) is 20.8 Å². The van der Waals surface area contributed by atoms with Gasteiger partial charge in [-0.05, 0) is 46.1 Å². The summed E-state index contributed by atoms with van der Waals surface area (Å²) >= 11 is 5.24. The van der Waals surface area contributed by atoms with Gasteiger partial charge in [0.15, 0.2) is 0 Å². The monoisotopic (exact) mass is 261 g/mol. The third-order valence-electron chi connectivity index (χ3n) is 2.04. The average molecular weight is 262 g/mol. The van der Waals surface area contributed by atoms with Crippen LogP contribution in [-0.2, 0) is 0 Å². The number of hydrogen-bond donors (Lipinski definition) is 1. The van der Waals surface area contributed by atoms with Crippen LogP contribution in [-0.4, -0.2) is 0 Å². The van der Waals surface area contributed by atoms with Crippen molar-refractivity contribution in [2.75, 3.05) is 0 Å². The van der Waals surface area contributed by atoms with E-state index >= 15 is 0 Å². The third-order valence-corrected chi connectivity index (χ3v) is 4.04. The second-order valence-corrected chi connectivity index (χ2v) is 5.51. The molecule has 0 amide bonds. The molecule has 1 nitrogen and oxygen atoms in total. The molecule has 0 bridgehead atoms. The molecular weight excluding hydrogens is 246 g/mol. The molecule has 0 aliphatic heterocycles. The zero-order valence-corrected chi connectivity index (χ0v) is 10.5. The van der Waals surface area contributed by atoms with Crippen molar-refractivity contribution in [1.82, 2.24) is 0 Å². The van der Waals surface area contributed by atoms with Crippen molar-refractivity contribution in [3.8, 4) is 0 Å². The van der Waals surface area contributed by atoms with Gasteiger partial charge in [0.05, 0.1) is 0 Å². The molecule has 1 heterocycles. The van der Waals surface area contributed by atoms with Gasteiger partial charge in [-0.25, -0.2) is 0 Å². The maximum absolute atomic E-state index is 6.07. The first-order valence-corrected chi connectivity index (χ1v) is 6.27. The Labute approximate surface area is 92.5 Å². The van der Waals surface area contributed by atoms with E-state index in [1.54, 1.807) is 11.3 Å². The van der Waals surface area contributed by atoms with Crippen molar-refractivity contribution in [2.45, 2.75) is 32.7 Å². The minimum atomic E-state index is 0.205. The molecule has 3 heteroatoms. The van der Waals surface area contributed by atoms with E-state index in [1.165, 1.54) is 11.3 Å². The Morgan fingerprint density at radius 2 is 2.15 bits per heavy atom. The van der Waals surface area contributed by atoms with Crippen molar-refractivity contribution in [2.24, 2.45) is 11.7 Å². The van der Waals surface area contributed by atoms with Crippen LogP contribution in [0, 0.1) is 5.92 Å². The summed E-state index contributed by atoms with van der Waals surface area (Å²) in [5.41, 5.74) is 6.07. The predicted molar refractivity (Wildman–Crippen MR) is 63.0 cm³/mol. The molecule has 0 saturated heterocycles. The molecule has 0 saturated carbocycles. The maximum atomic E-state index is 6.07. The number of hydrogen-bond acceptors (Lipinski definition) is 2. The maximum Gasteiger partial charge on any atom is 0.0401 e. The molecule has 2 N–H and O–H groups in total. The lowest BCUT2D eigenvalue weighted by atomic mass is 10.0. The van der Waals surface area contributed by atoms with Crippen LogP contribution in [0.4, 0.5) is 0 Å². The summed E-state index contributed by atoms with van der Waals surface area (Å²) in [4.78, 5) is 1.28. The van der Waals surface area contributed by atoms with E-state index in [0.29, 0.717) is 0 Å². The molecule has 1 atom stereocenters. The van der Waals surface area contributed by atoms with Crippen LogP contribution in [0.15, 0.2) is 15.9 Å². The molecule has 74 valence electrons. The van der Waals surface area contributed by atoms with Crippen molar-refractivity contribution in [3.63, 3.8) is 0 Å². The molecule has 0 aliphatic carbocycles. The SMILES string of the molecule is CC(C)CC[C@H](N)c1sccc1Br. The van der Waals surface area contributed by atoms with Gasteiger partial charge in [0.2, 0.25) is 0 Å². The summed E-state index contributed by atoms with van der Waals surface area (Å²) in [5.74, 6) is 0.741. The normalized spacial score (nSPS) is 13.6. The van der Waals surface area contributed by atoms with Crippen LogP contribution in [0.5, 0.6) is 0 Å². The number of nitrogens with two attached hydrogens (primary N) is 1. The number of halogens is 1. The van der Waals surface area contributed by atoms with Gasteiger partial charge in [-0.15, -0.1) is 11.3 Å². The van der Waals surface area contributed by atoms with Gasteiger partial charge in [0.25, 0.3) is 0 Å². The van der Waals surface area contributed by atoms with E-state index in [-0.39, 0.29) is 6.04 Å². The summed E-state index contributed by atoms with van der Waals surface area (Å²) in [6, 6.07) is 2.27. The van der Waals surface area contributed by atoms with Gasteiger partial charge in [-0.1, -0.05) is 13.8 Å². The Morgan fingerprint density at radius 3 is 2.62 bits per heavy atom. The Hall–Kier alpha value is 0.140. The average Bonchev–Trinajstić information content (AvgIpc) is 2.47. The molecule has 0 fully saturated rings. The lowest BCUT2D eigenvalue weighted by Crippen LogP contribution is -2.09. The van der Waals surface area contributed by atoms with Crippen molar-refractivity contribution < 1.29 is 0 Å². The first-order chi connectivity index (χ1) is 6.11. The molecule has 1 rings (SSSR count). The summed E-state index contributed by atoms with van der Waals surface area (Å²) in [6.07, 6.45) is 2.28. The highest BCUT2D eigenvalue weighted by Gasteiger charge is 2.11. The molecule has 0 spiro atoms. The lowest BCUT2D eigenvalue weighted by Gasteiger charge is -2.11. The second-order valence-electron chi connectivity index (χ2n) is 3.71. The number of thiophene rings is 1. The van der Waals surface area contributed by atoms with E-state index < -0.39 is 0 Å². The first-order valence-electron chi connectivity index (χ1n) is 4.59. The van der Waals surface area contributed by atoms with E-state index in [2.05, 4.69) is 41.2 Å². The molecule has 0 radical (unpaired) electrons. The van der Waals surface area contributed by atoms with Gasteiger partial charge in [0.1, 0.15) is 0 Å². The van der Waals surface area contributed by atoms with Crippen LogP contribution in [0.2, 0.25) is 0 Å². The molecule has 1 aromatic heterocycles. The smallest absolute Gasteiger partial charge is 0.0401 e. The second kappa shape index (κ2) is 5.13. The topological polar surface area (TPSA) is 26.0 Å². The highest BCUT2D eigenvalue weighted by molar-refractivity contribution is 9.10. The summed E-state index contributed by atoms with van der Waals surface area (Å²) in [6.45, 7) is 4.46. The zero-order valence-electron chi connectivity index (χ0n) is 8.09. The Morgan fingerprint density at radius 1 is 1.46 bits per heavy atom. The van der Waals surface area contributed by atoms with Crippen LogP contribution >= 0.6 is 27.3 Å². The van der Waals surface area contributed by atoms with Crippen molar-refractivity contribution >= 4 is 27.3 Å². The highest BCUT2D eigenvalue weighted by Crippen LogP contribution is 2.30. The quantitative estimate of drug-likeness (QED) is 0.873. The number of rotatable bonds is 4. The van der Waals surface area contributed by atoms with Crippen LogP contribution in [0.25, 0.3) is 0 Å². The van der Waals surface area contributed by atoms with Crippen LogP contribution in [0.1, 0.15) is 37.6 Å². The van der Waals surface area contributed by atoms with Gasteiger partial charge in [-0.3, -0.25) is 0 Å². The summed E-state index contributed by atoms with van der Waals surface area (Å²) in [7, 11) is 0. The molecule has 0 unspecified atom stereocenters. The molecule has 0 aliphatic rings. The lowest BCUT2D eigenvalue weighted by molar-refractivity contribution is 0.510. The van der Waals surface area contributed by atoms with Crippen LogP contribution < -0.4 is 5.73 Å². The van der Waals surface area contributed by atoms with E-state index in [0.717, 1.165) is 16.8 Å². The largest absolute Gasteiger partial charge is 0.323 e. The van der Waals surface area contributed by atoms with Crippen molar-refractivity contribution in [1.29, 1.82) is 0 Å². The molecule has 0 aromatic carbocycles.